The van der Waals surface area contributed by atoms with Gasteiger partial charge in [0.05, 0.1) is 0 Å². The molecule has 0 saturated carbocycles. The third-order valence-corrected chi connectivity index (χ3v) is 6.56. The lowest BCUT2D eigenvalue weighted by Crippen LogP contribution is -2.49. The number of amides is 3. The van der Waals surface area contributed by atoms with Crippen LogP contribution in [0.3, 0.4) is 0 Å². The first-order valence-electron chi connectivity index (χ1n) is 11.5. The fourth-order valence-electron chi connectivity index (χ4n) is 5.13. The van der Waals surface area contributed by atoms with E-state index in [-0.39, 0.29) is 41.1 Å². The van der Waals surface area contributed by atoms with Gasteiger partial charge < -0.3 is 20.1 Å². The lowest BCUT2D eigenvalue weighted by molar-refractivity contribution is 0.0595. The number of nitrogens with one attached hydrogen (secondary N) is 2. The summed E-state index contributed by atoms with van der Waals surface area (Å²) in [5.74, 6) is 0.348. The van der Waals surface area contributed by atoms with E-state index >= 15 is 0 Å². The number of likely N-dealkylation sites (tertiary alicyclic amines) is 1. The molecule has 2 unspecified atom stereocenters. The molecule has 170 valence electrons. The van der Waals surface area contributed by atoms with Crippen LogP contribution in [-0.2, 0) is 6.54 Å². The molecule has 33 heavy (non-hydrogen) atoms. The summed E-state index contributed by atoms with van der Waals surface area (Å²) in [7, 11) is 0. The normalized spacial score (nSPS) is 19.3. The Labute approximate surface area is 192 Å². The fourth-order valence-corrected chi connectivity index (χ4v) is 5.13. The molecule has 1 saturated heterocycles. The first-order chi connectivity index (χ1) is 15.9. The van der Waals surface area contributed by atoms with Crippen LogP contribution in [-0.4, -0.2) is 40.5 Å². The SMILES string of the molecule is CC(C)NC(=O)Nc1ccc2n(c1=O)CC1CC2CN(C(=O)c2ccc3ccccc3c2)C1. The highest BCUT2D eigenvalue weighted by molar-refractivity contribution is 5.98. The smallest absolute Gasteiger partial charge is 0.319 e. The summed E-state index contributed by atoms with van der Waals surface area (Å²) in [6.07, 6.45) is 0.960. The first kappa shape index (κ1) is 21.2. The minimum atomic E-state index is -0.384. The molecule has 2 aliphatic heterocycles. The minimum Gasteiger partial charge on any atom is -0.338 e. The van der Waals surface area contributed by atoms with E-state index in [0.29, 0.717) is 25.2 Å². The standard InChI is InChI=1S/C26H28N4O3/c1-16(2)27-26(33)28-22-9-10-23-21-11-17(14-30(23)25(22)32)13-29(15-21)24(31)20-8-7-18-5-3-4-6-19(18)12-20/h3-10,12,16-17,21H,11,13-15H2,1-2H3,(H2,27,28,33). The van der Waals surface area contributed by atoms with Gasteiger partial charge in [-0.1, -0.05) is 30.3 Å². The van der Waals surface area contributed by atoms with Crippen molar-refractivity contribution in [3.05, 3.63) is 76.2 Å². The van der Waals surface area contributed by atoms with Crippen molar-refractivity contribution in [1.29, 1.82) is 0 Å². The number of piperidine rings is 1. The summed E-state index contributed by atoms with van der Waals surface area (Å²) >= 11 is 0. The number of fused-ring (bicyclic) bond motifs is 5. The van der Waals surface area contributed by atoms with Gasteiger partial charge in [-0.3, -0.25) is 9.59 Å². The zero-order valence-electron chi connectivity index (χ0n) is 18.9. The predicted molar refractivity (Wildman–Crippen MR) is 129 cm³/mol. The summed E-state index contributed by atoms with van der Waals surface area (Å²) in [6, 6.07) is 17.1. The Hall–Kier alpha value is -3.61. The zero-order chi connectivity index (χ0) is 23.1. The molecule has 2 N–H and O–H groups in total. The molecule has 3 amide bonds. The Morgan fingerprint density at radius 2 is 1.76 bits per heavy atom. The van der Waals surface area contributed by atoms with E-state index in [1.807, 2.05) is 67.3 Å². The second-order valence-corrected chi connectivity index (χ2v) is 9.41. The van der Waals surface area contributed by atoms with E-state index in [9.17, 15) is 14.4 Å². The molecule has 5 rings (SSSR count). The van der Waals surface area contributed by atoms with Crippen molar-refractivity contribution in [3.63, 3.8) is 0 Å². The van der Waals surface area contributed by atoms with E-state index in [1.54, 1.807) is 10.6 Å². The number of nitrogens with zero attached hydrogens (tertiary/aromatic N) is 2. The van der Waals surface area contributed by atoms with Gasteiger partial charge in [0.1, 0.15) is 5.69 Å². The molecule has 1 fully saturated rings. The summed E-state index contributed by atoms with van der Waals surface area (Å²) in [5.41, 5.74) is 1.72. The number of pyridine rings is 1. The maximum atomic E-state index is 13.3. The number of benzene rings is 2. The monoisotopic (exact) mass is 444 g/mol. The molecule has 1 aromatic heterocycles. The number of carbonyl (C=O) groups is 2. The van der Waals surface area contributed by atoms with Crippen LogP contribution >= 0.6 is 0 Å². The van der Waals surface area contributed by atoms with Crippen molar-refractivity contribution in [2.75, 3.05) is 18.4 Å². The molecule has 2 aromatic carbocycles. The number of hydrogen-bond donors (Lipinski definition) is 2. The molecule has 3 aromatic rings. The third-order valence-electron chi connectivity index (χ3n) is 6.56. The van der Waals surface area contributed by atoms with E-state index in [2.05, 4.69) is 10.6 Å². The highest BCUT2D eigenvalue weighted by atomic mass is 16.2. The van der Waals surface area contributed by atoms with Crippen molar-refractivity contribution < 1.29 is 9.59 Å². The van der Waals surface area contributed by atoms with Gasteiger partial charge in [-0.25, -0.2) is 4.79 Å². The molecule has 2 aliphatic rings. The summed E-state index contributed by atoms with van der Waals surface area (Å²) in [5, 5.41) is 7.58. The van der Waals surface area contributed by atoms with Gasteiger partial charge in [0.2, 0.25) is 0 Å². The van der Waals surface area contributed by atoms with Gasteiger partial charge in [-0.05, 0) is 61.2 Å². The largest absolute Gasteiger partial charge is 0.338 e. The van der Waals surface area contributed by atoms with Crippen molar-refractivity contribution >= 4 is 28.4 Å². The number of urea groups is 1. The third kappa shape index (κ3) is 4.11. The average molecular weight is 445 g/mol. The zero-order valence-corrected chi connectivity index (χ0v) is 18.9. The molecule has 2 atom stereocenters. The molecule has 0 aliphatic carbocycles. The van der Waals surface area contributed by atoms with E-state index in [4.69, 9.17) is 0 Å². The van der Waals surface area contributed by atoms with Gasteiger partial charge in [0, 0.05) is 42.9 Å². The number of hydrogen-bond acceptors (Lipinski definition) is 3. The van der Waals surface area contributed by atoms with Crippen LogP contribution in [0.25, 0.3) is 10.8 Å². The quantitative estimate of drug-likeness (QED) is 0.645. The molecule has 7 nitrogen and oxygen atoms in total. The van der Waals surface area contributed by atoms with E-state index in [1.165, 1.54) is 0 Å². The van der Waals surface area contributed by atoms with Gasteiger partial charge in [-0.15, -0.1) is 0 Å². The van der Waals surface area contributed by atoms with Crippen LogP contribution in [0.15, 0.2) is 59.4 Å². The lowest BCUT2D eigenvalue weighted by Gasteiger charge is -2.43. The van der Waals surface area contributed by atoms with Gasteiger partial charge in [-0.2, -0.15) is 0 Å². The van der Waals surface area contributed by atoms with Crippen LogP contribution < -0.4 is 16.2 Å². The van der Waals surface area contributed by atoms with Crippen LogP contribution in [0.4, 0.5) is 10.5 Å². The number of anilines is 1. The van der Waals surface area contributed by atoms with Gasteiger partial charge in [0.15, 0.2) is 0 Å². The second kappa shape index (κ2) is 8.39. The Morgan fingerprint density at radius 1 is 0.970 bits per heavy atom. The number of aromatic nitrogens is 1. The van der Waals surface area contributed by atoms with Crippen LogP contribution in [0, 0.1) is 5.92 Å². The van der Waals surface area contributed by atoms with Crippen molar-refractivity contribution in [1.82, 2.24) is 14.8 Å². The van der Waals surface area contributed by atoms with E-state index in [0.717, 1.165) is 22.9 Å². The summed E-state index contributed by atoms with van der Waals surface area (Å²) in [4.78, 5) is 40.4. The molecule has 3 heterocycles. The van der Waals surface area contributed by atoms with Gasteiger partial charge in [0.25, 0.3) is 11.5 Å². The average Bonchev–Trinajstić information content (AvgIpc) is 2.80. The minimum absolute atomic E-state index is 0.0177. The highest BCUT2D eigenvalue weighted by Gasteiger charge is 2.37. The Balaban J connectivity index is 1.37. The van der Waals surface area contributed by atoms with Gasteiger partial charge >= 0.3 is 6.03 Å². The number of rotatable bonds is 3. The second-order valence-electron chi connectivity index (χ2n) is 9.41. The molecule has 2 bridgehead atoms. The fraction of sp³-hybridized carbons (Fsp3) is 0.346. The maximum absolute atomic E-state index is 13.3. The highest BCUT2D eigenvalue weighted by Crippen LogP contribution is 2.36. The van der Waals surface area contributed by atoms with Crippen molar-refractivity contribution in [2.24, 2.45) is 5.92 Å². The Morgan fingerprint density at radius 3 is 2.55 bits per heavy atom. The first-order valence-corrected chi connectivity index (χ1v) is 11.5. The topological polar surface area (TPSA) is 83.4 Å². The molecule has 0 spiro atoms. The van der Waals surface area contributed by atoms with Crippen LogP contribution in [0.1, 0.15) is 42.2 Å². The Bertz CT molecular complexity index is 1300. The molecule has 0 radical (unpaired) electrons. The summed E-state index contributed by atoms with van der Waals surface area (Å²) in [6.45, 7) is 5.49. The van der Waals surface area contributed by atoms with Crippen LogP contribution in [0.5, 0.6) is 0 Å². The predicted octanol–water partition coefficient (Wildman–Crippen LogP) is 3.79. The molecule has 7 heteroatoms. The van der Waals surface area contributed by atoms with E-state index < -0.39 is 0 Å². The van der Waals surface area contributed by atoms with Crippen molar-refractivity contribution in [2.45, 2.75) is 38.8 Å². The number of carbonyl (C=O) groups excluding carboxylic acids is 2. The van der Waals surface area contributed by atoms with Crippen molar-refractivity contribution in [3.8, 4) is 0 Å². The summed E-state index contributed by atoms with van der Waals surface area (Å²) < 4.78 is 1.78. The maximum Gasteiger partial charge on any atom is 0.319 e. The van der Waals surface area contributed by atoms with Crippen LogP contribution in [0.2, 0.25) is 0 Å². The Kier molecular flexibility index (Phi) is 5.40. The molecular weight excluding hydrogens is 416 g/mol. The molecular formula is C26H28N4O3. The lowest BCUT2D eigenvalue weighted by atomic mass is 9.83.